The highest BCUT2D eigenvalue weighted by atomic mass is 16.1. The van der Waals surface area contributed by atoms with Crippen molar-refractivity contribution in [2.24, 2.45) is 11.7 Å². The SMILES string of the molecule is C=CCC(=O)NCC(N)C(C)C. The van der Waals surface area contributed by atoms with Crippen molar-refractivity contribution in [3.63, 3.8) is 0 Å². The van der Waals surface area contributed by atoms with Crippen molar-refractivity contribution in [2.75, 3.05) is 6.54 Å². The van der Waals surface area contributed by atoms with Crippen LogP contribution in [-0.2, 0) is 4.79 Å². The van der Waals surface area contributed by atoms with Gasteiger partial charge in [0.25, 0.3) is 0 Å². The fourth-order valence-corrected chi connectivity index (χ4v) is 0.671. The smallest absolute Gasteiger partial charge is 0.223 e. The van der Waals surface area contributed by atoms with E-state index in [4.69, 9.17) is 5.73 Å². The molecule has 3 N–H and O–H groups in total. The molecule has 0 spiro atoms. The van der Waals surface area contributed by atoms with E-state index in [0.29, 0.717) is 18.9 Å². The summed E-state index contributed by atoms with van der Waals surface area (Å²) in [4.78, 5) is 10.9. The highest BCUT2D eigenvalue weighted by Gasteiger charge is 2.07. The number of amides is 1. The summed E-state index contributed by atoms with van der Waals surface area (Å²) in [5.41, 5.74) is 5.72. The Morgan fingerprint density at radius 1 is 1.67 bits per heavy atom. The van der Waals surface area contributed by atoms with E-state index in [1.807, 2.05) is 13.8 Å². The number of hydrogen-bond acceptors (Lipinski definition) is 2. The van der Waals surface area contributed by atoms with E-state index in [1.165, 1.54) is 0 Å². The molecule has 3 nitrogen and oxygen atoms in total. The predicted molar refractivity (Wildman–Crippen MR) is 50.6 cm³/mol. The molecule has 0 fully saturated rings. The molecule has 0 rings (SSSR count). The van der Waals surface area contributed by atoms with E-state index in [-0.39, 0.29) is 11.9 Å². The third-order valence-electron chi connectivity index (χ3n) is 1.72. The maximum absolute atomic E-state index is 10.9. The minimum Gasteiger partial charge on any atom is -0.354 e. The topological polar surface area (TPSA) is 55.1 Å². The van der Waals surface area contributed by atoms with Gasteiger partial charge in [0.1, 0.15) is 0 Å². The van der Waals surface area contributed by atoms with E-state index in [2.05, 4.69) is 11.9 Å². The second kappa shape index (κ2) is 5.77. The lowest BCUT2D eigenvalue weighted by molar-refractivity contribution is -0.120. The van der Waals surface area contributed by atoms with Crippen LogP contribution in [-0.4, -0.2) is 18.5 Å². The second-order valence-electron chi connectivity index (χ2n) is 3.20. The van der Waals surface area contributed by atoms with Gasteiger partial charge in [-0.2, -0.15) is 0 Å². The molecule has 0 heterocycles. The van der Waals surface area contributed by atoms with Crippen molar-refractivity contribution < 1.29 is 4.79 Å². The van der Waals surface area contributed by atoms with Crippen LogP contribution in [0.3, 0.4) is 0 Å². The molecule has 0 saturated carbocycles. The van der Waals surface area contributed by atoms with Crippen LogP contribution in [0.1, 0.15) is 20.3 Å². The summed E-state index contributed by atoms with van der Waals surface area (Å²) in [6.07, 6.45) is 1.95. The Balaban J connectivity index is 3.53. The van der Waals surface area contributed by atoms with Gasteiger partial charge in [-0.25, -0.2) is 0 Å². The number of nitrogens with one attached hydrogen (secondary N) is 1. The van der Waals surface area contributed by atoms with Gasteiger partial charge in [-0.3, -0.25) is 4.79 Å². The quantitative estimate of drug-likeness (QED) is 0.596. The molecule has 1 unspecified atom stereocenters. The summed E-state index contributed by atoms with van der Waals surface area (Å²) >= 11 is 0. The number of hydrogen-bond donors (Lipinski definition) is 2. The van der Waals surface area contributed by atoms with Crippen LogP contribution in [0, 0.1) is 5.92 Å². The van der Waals surface area contributed by atoms with Crippen molar-refractivity contribution in [3.8, 4) is 0 Å². The maximum atomic E-state index is 10.9. The predicted octanol–water partition coefficient (Wildman–Crippen LogP) is 0.662. The summed E-state index contributed by atoms with van der Waals surface area (Å²) in [5.74, 6) is 0.384. The van der Waals surface area contributed by atoms with E-state index in [0.717, 1.165) is 0 Å². The lowest BCUT2D eigenvalue weighted by Crippen LogP contribution is -2.40. The molecular weight excluding hydrogens is 152 g/mol. The average Bonchev–Trinajstić information content (AvgIpc) is 2.00. The van der Waals surface area contributed by atoms with E-state index in [1.54, 1.807) is 6.08 Å². The van der Waals surface area contributed by atoms with E-state index < -0.39 is 0 Å². The Bertz CT molecular complexity index is 155. The highest BCUT2D eigenvalue weighted by Crippen LogP contribution is 1.95. The molecule has 0 aliphatic carbocycles. The number of carbonyl (C=O) groups is 1. The van der Waals surface area contributed by atoms with E-state index in [9.17, 15) is 4.79 Å². The van der Waals surface area contributed by atoms with Gasteiger partial charge in [0.2, 0.25) is 5.91 Å². The van der Waals surface area contributed by atoms with Gasteiger partial charge in [-0.05, 0) is 5.92 Å². The minimum atomic E-state index is -0.0129. The first-order chi connectivity index (χ1) is 5.57. The molecule has 0 bridgehead atoms. The number of carbonyl (C=O) groups excluding carboxylic acids is 1. The number of nitrogens with two attached hydrogens (primary N) is 1. The van der Waals surface area contributed by atoms with Gasteiger partial charge in [-0.15, -0.1) is 6.58 Å². The Labute approximate surface area is 74.0 Å². The monoisotopic (exact) mass is 170 g/mol. The third kappa shape index (κ3) is 4.91. The molecule has 0 aliphatic rings. The molecule has 1 atom stereocenters. The maximum Gasteiger partial charge on any atom is 0.223 e. The first kappa shape index (κ1) is 11.2. The number of rotatable bonds is 5. The summed E-state index contributed by atoms with van der Waals surface area (Å²) in [6, 6.07) is 0.0405. The van der Waals surface area contributed by atoms with Crippen molar-refractivity contribution in [3.05, 3.63) is 12.7 Å². The van der Waals surface area contributed by atoms with Crippen LogP contribution < -0.4 is 11.1 Å². The van der Waals surface area contributed by atoms with Crippen molar-refractivity contribution >= 4 is 5.91 Å². The molecule has 0 saturated heterocycles. The Morgan fingerprint density at radius 2 is 2.25 bits per heavy atom. The van der Waals surface area contributed by atoms with Crippen LogP contribution in [0.15, 0.2) is 12.7 Å². The van der Waals surface area contributed by atoms with Gasteiger partial charge in [0.05, 0.1) is 0 Å². The fourth-order valence-electron chi connectivity index (χ4n) is 0.671. The third-order valence-corrected chi connectivity index (χ3v) is 1.72. The molecule has 0 radical (unpaired) electrons. The van der Waals surface area contributed by atoms with Gasteiger partial charge in [0, 0.05) is 19.0 Å². The average molecular weight is 170 g/mol. The highest BCUT2D eigenvalue weighted by molar-refractivity contribution is 5.77. The lowest BCUT2D eigenvalue weighted by Gasteiger charge is -2.15. The fraction of sp³-hybridized carbons (Fsp3) is 0.667. The van der Waals surface area contributed by atoms with Crippen LogP contribution in [0.25, 0.3) is 0 Å². The molecule has 0 aliphatic heterocycles. The summed E-state index contributed by atoms with van der Waals surface area (Å²) < 4.78 is 0. The van der Waals surface area contributed by atoms with Gasteiger partial charge < -0.3 is 11.1 Å². The Hall–Kier alpha value is -0.830. The Morgan fingerprint density at radius 3 is 2.67 bits per heavy atom. The molecule has 0 aromatic heterocycles. The first-order valence-corrected chi connectivity index (χ1v) is 4.21. The van der Waals surface area contributed by atoms with Crippen LogP contribution >= 0.6 is 0 Å². The molecular formula is C9H18N2O. The lowest BCUT2D eigenvalue weighted by atomic mass is 10.1. The van der Waals surface area contributed by atoms with E-state index >= 15 is 0 Å². The molecule has 70 valence electrons. The molecule has 0 aromatic carbocycles. The zero-order valence-electron chi connectivity index (χ0n) is 7.84. The minimum absolute atomic E-state index is 0.0129. The molecule has 1 amide bonds. The summed E-state index contributed by atoms with van der Waals surface area (Å²) in [7, 11) is 0. The van der Waals surface area contributed by atoms with Gasteiger partial charge >= 0.3 is 0 Å². The normalized spacial score (nSPS) is 12.7. The van der Waals surface area contributed by atoms with Crippen molar-refractivity contribution in [1.82, 2.24) is 5.32 Å². The van der Waals surface area contributed by atoms with Crippen LogP contribution in [0.4, 0.5) is 0 Å². The van der Waals surface area contributed by atoms with Gasteiger partial charge in [-0.1, -0.05) is 19.9 Å². The first-order valence-electron chi connectivity index (χ1n) is 4.21. The van der Waals surface area contributed by atoms with Crippen molar-refractivity contribution in [2.45, 2.75) is 26.3 Å². The zero-order valence-corrected chi connectivity index (χ0v) is 7.84. The molecule has 0 aromatic rings. The zero-order chi connectivity index (χ0) is 9.56. The largest absolute Gasteiger partial charge is 0.354 e. The second-order valence-corrected chi connectivity index (χ2v) is 3.20. The molecule has 3 heteroatoms. The summed E-state index contributed by atoms with van der Waals surface area (Å²) in [5, 5.41) is 2.73. The van der Waals surface area contributed by atoms with Crippen LogP contribution in [0.5, 0.6) is 0 Å². The summed E-state index contributed by atoms with van der Waals surface area (Å²) in [6.45, 7) is 8.08. The van der Waals surface area contributed by atoms with Crippen molar-refractivity contribution in [1.29, 1.82) is 0 Å². The van der Waals surface area contributed by atoms with Crippen LogP contribution in [0.2, 0.25) is 0 Å². The molecule has 12 heavy (non-hydrogen) atoms. The Kier molecular flexibility index (Phi) is 5.37. The standard InChI is InChI=1S/C9H18N2O/c1-4-5-9(12)11-6-8(10)7(2)3/h4,7-8H,1,5-6,10H2,2-3H3,(H,11,12). The van der Waals surface area contributed by atoms with Gasteiger partial charge in [0.15, 0.2) is 0 Å².